The predicted octanol–water partition coefficient (Wildman–Crippen LogP) is 4.80. The maximum absolute atomic E-state index is 11.0. The Labute approximate surface area is 198 Å². The third-order valence-electron chi connectivity index (χ3n) is 6.43. The molecule has 0 aliphatic rings. The molecule has 0 amide bonds. The van der Waals surface area contributed by atoms with E-state index >= 15 is 0 Å². The molecule has 0 bridgehead atoms. The maximum atomic E-state index is 11.0. The second kappa shape index (κ2) is 11.3. The van der Waals surface area contributed by atoms with E-state index in [-0.39, 0.29) is 36.0 Å². The third-order valence-corrected chi connectivity index (χ3v) is 10.9. The van der Waals surface area contributed by atoms with Gasteiger partial charge in [-0.25, -0.2) is 0 Å². The van der Waals surface area contributed by atoms with E-state index < -0.39 is 14.3 Å². The number of aromatic hydroxyl groups is 1. The molecule has 7 heteroatoms. The molecule has 0 heterocycles. The van der Waals surface area contributed by atoms with Crippen LogP contribution in [0.1, 0.15) is 56.1 Å². The van der Waals surface area contributed by atoms with Gasteiger partial charge in [-0.3, -0.25) is 4.79 Å². The Morgan fingerprint density at radius 3 is 2.39 bits per heavy atom. The summed E-state index contributed by atoms with van der Waals surface area (Å²) in [5.41, 5.74) is 3.29. The highest BCUT2D eigenvalue weighted by Crippen LogP contribution is 2.40. The highest BCUT2D eigenvalue weighted by Gasteiger charge is 2.39. The van der Waals surface area contributed by atoms with Gasteiger partial charge in [0.1, 0.15) is 5.75 Å². The van der Waals surface area contributed by atoms with Crippen molar-refractivity contribution in [2.45, 2.75) is 77.4 Å². The van der Waals surface area contributed by atoms with Crippen LogP contribution in [0.15, 0.2) is 42.5 Å². The molecule has 0 fully saturated rings. The van der Waals surface area contributed by atoms with Gasteiger partial charge in [0.25, 0.3) is 0 Å². The quantitative estimate of drug-likeness (QED) is 0.350. The molecule has 2 rings (SSSR count). The number of carboxylic acid groups (broad SMARTS) is 1. The number of carbonyl (C=O) groups is 1. The molecule has 0 spiro atoms. The summed E-state index contributed by atoms with van der Waals surface area (Å²) in [6.07, 6.45) is 0.557. The van der Waals surface area contributed by atoms with Gasteiger partial charge in [0.15, 0.2) is 8.32 Å². The summed E-state index contributed by atoms with van der Waals surface area (Å²) >= 11 is 0. The van der Waals surface area contributed by atoms with Crippen LogP contribution in [0.4, 0.5) is 0 Å². The average Bonchev–Trinajstić information content (AvgIpc) is 2.70. The molecule has 0 unspecified atom stereocenters. The van der Waals surface area contributed by atoms with Gasteiger partial charge in [-0.2, -0.15) is 0 Å². The summed E-state index contributed by atoms with van der Waals surface area (Å²) in [5.74, 6) is -0.755. The molecule has 0 saturated carbocycles. The molecule has 33 heavy (non-hydrogen) atoms. The molecule has 0 aliphatic heterocycles. The van der Waals surface area contributed by atoms with E-state index in [0.29, 0.717) is 12.1 Å². The van der Waals surface area contributed by atoms with Gasteiger partial charge in [0.2, 0.25) is 0 Å². The van der Waals surface area contributed by atoms with Crippen LogP contribution in [0.5, 0.6) is 5.75 Å². The van der Waals surface area contributed by atoms with Gasteiger partial charge in [0.05, 0.1) is 19.1 Å². The summed E-state index contributed by atoms with van der Waals surface area (Å²) in [4.78, 5) is 11.0. The van der Waals surface area contributed by atoms with Crippen LogP contribution in [0, 0.1) is 0 Å². The Morgan fingerprint density at radius 1 is 1.12 bits per heavy atom. The number of carboxylic acids is 1. The molecule has 4 N–H and O–H groups in total. The molecule has 0 radical (unpaired) electrons. The fourth-order valence-corrected chi connectivity index (χ4v) is 4.75. The normalized spacial score (nSPS) is 14.2. The number of hydrogen-bond acceptors (Lipinski definition) is 5. The smallest absolute Gasteiger partial charge is 0.307 e. The second-order valence-electron chi connectivity index (χ2n) is 10.3. The highest BCUT2D eigenvalue weighted by atomic mass is 28.4. The second-order valence-corrected chi connectivity index (χ2v) is 15.1. The first-order chi connectivity index (χ1) is 15.3. The molecule has 0 aliphatic carbocycles. The van der Waals surface area contributed by atoms with Crippen molar-refractivity contribution >= 4 is 14.3 Å². The minimum atomic E-state index is -2.08. The van der Waals surface area contributed by atoms with Crippen molar-refractivity contribution in [3.05, 3.63) is 64.7 Å². The minimum Gasteiger partial charge on any atom is -0.508 e. The highest BCUT2D eigenvalue weighted by molar-refractivity contribution is 6.74. The number of aliphatic hydroxyl groups is 1. The van der Waals surface area contributed by atoms with E-state index in [9.17, 15) is 15.0 Å². The van der Waals surface area contributed by atoms with Crippen molar-refractivity contribution in [2.75, 3.05) is 6.54 Å². The zero-order valence-corrected chi connectivity index (χ0v) is 21.7. The van der Waals surface area contributed by atoms with Crippen molar-refractivity contribution in [1.82, 2.24) is 5.32 Å². The van der Waals surface area contributed by atoms with Gasteiger partial charge >= 0.3 is 5.97 Å². The zero-order chi connectivity index (χ0) is 24.8. The van der Waals surface area contributed by atoms with Gasteiger partial charge in [0, 0.05) is 18.2 Å². The van der Waals surface area contributed by atoms with Crippen LogP contribution < -0.4 is 5.32 Å². The standard InChI is InChI=1S/C26H39NO5Si/c1-18(12-19-8-7-9-20(13-19)14-25(30)31)27-16-24(32-33(5,6)26(2,3)4)21-10-11-23(29)22(15-21)17-28/h7-11,13,15,18,24,27-29H,12,14,16-17H2,1-6H3,(H,30,31)/t18-,24-/m1/s1. The van der Waals surface area contributed by atoms with Crippen LogP contribution in [0.2, 0.25) is 18.1 Å². The van der Waals surface area contributed by atoms with E-state index in [4.69, 9.17) is 9.53 Å². The van der Waals surface area contributed by atoms with Gasteiger partial charge in [-0.1, -0.05) is 51.1 Å². The molecule has 0 aromatic heterocycles. The molecular weight excluding hydrogens is 434 g/mol. The number of aliphatic carboxylic acids is 1. The van der Waals surface area contributed by atoms with Crippen LogP contribution >= 0.6 is 0 Å². The van der Waals surface area contributed by atoms with E-state index in [1.54, 1.807) is 6.07 Å². The monoisotopic (exact) mass is 473 g/mol. The Hall–Kier alpha value is -2.19. The fraction of sp³-hybridized carbons (Fsp3) is 0.500. The lowest BCUT2D eigenvalue weighted by Crippen LogP contribution is -2.44. The Balaban J connectivity index is 2.17. The molecule has 182 valence electrons. The Morgan fingerprint density at radius 2 is 1.79 bits per heavy atom. The zero-order valence-electron chi connectivity index (χ0n) is 20.7. The lowest BCUT2D eigenvalue weighted by molar-refractivity contribution is -0.136. The molecule has 2 aromatic carbocycles. The lowest BCUT2D eigenvalue weighted by Gasteiger charge is -2.40. The maximum Gasteiger partial charge on any atom is 0.307 e. The Kier molecular flexibility index (Phi) is 9.26. The first kappa shape index (κ1) is 27.1. The summed E-state index contributed by atoms with van der Waals surface area (Å²) in [6.45, 7) is 13.5. The van der Waals surface area contributed by atoms with Crippen LogP contribution in [-0.2, 0) is 28.7 Å². The summed E-state index contributed by atoms with van der Waals surface area (Å²) in [6, 6.07) is 13.1. The first-order valence-corrected chi connectivity index (χ1v) is 14.4. The fourth-order valence-electron chi connectivity index (χ4n) is 3.47. The number of benzene rings is 2. The van der Waals surface area contributed by atoms with E-state index in [1.807, 2.05) is 36.4 Å². The number of rotatable bonds is 11. The number of phenols is 1. The van der Waals surface area contributed by atoms with Gasteiger partial charge in [-0.05, 0) is 60.3 Å². The van der Waals surface area contributed by atoms with Crippen LogP contribution in [0.3, 0.4) is 0 Å². The summed E-state index contributed by atoms with van der Waals surface area (Å²) in [5, 5.41) is 32.2. The van der Waals surface area contributed by atoms with E-state index in [2.05, 4.69) is 46.1 Å². The third kappa shape index (κ3) is 7.96. The largest absolute Gasteiger partial charge is 0.508 e. The average molecular weight is 474 g/mol. The van der Waals surface area contributed by atoms with E-state index in [0.717, 1.165) is 23.1 Å². The van der Waals surface area contributed by atoms with Crippen molar-refractivity contribution < 1.29 is 24.5 Å². The summed E-state index contributed by atoms with van der Waals surface area (Å²) < 4.78 is 6.74. The molecule has 6 nitrogen and oxygen atoms in total. The van der Waals surface area contributed by atoms with Crippen molar-refractivity contribution in [3.8, 4) is 5.75 Å². The van der Waals surface area contributed by atoms with Crippen molar-refractivity contribution in [3.63, 3.8) is 0 Å². The van der Waals surface area contributed by atoms with Crippen LogP contribution in [-0.4, -0.2) is 42.2 Å². The summed E-state index contributed by atoms with van der Waals surface area (Å²) in [7, 11) is -2.08. The molecular formula is C26H39NO5Si. The van der Waals surface area contributed by atoms with Crippen molar-refractivity contribution in [2.24, 2.45) is 0 Å². The number of aliphatic hydroxyl groups excluding tert-OH is 1. The molecule has 0 saturated heterocycles. The molecule has 2 aromatic rings. The van der Waals surface area contributed by atoms with Crippen LogP contribution in [0.25, 0.3) is 0 Å². The lowest BCUT2D eigenvalue weighted by atomic mass is 10.0. The van der Waals surface area contributed by atoms with Crippen molar-refractivity contribution in [1.29, 1.82) is 0 Å². The molecule has 2 atom stereocenters. The first-order valence-electron chi connectivity index (χ1n) is 11.5. The SMILES string of the molecule is C[C@H](Cc1cccc(CC(=O)O)c1)NC[C@@H](O[Si](C)(C)C(C)(C)C)c1ccc(O)c(CO)c1. The topological polar surface area (TPSA) is 99.0 Å². The number of nitrogens with one attached hydrogen (secondary N) is 1. The van der Waals surface area contributed by atoms with Gasteiger partial charge < -0.3 is 25.1 Å². The minimum absolute atomic E-state index is 0.0200. The predicted molar refractivity (Wildman–Crippen MR) is 134 cm³/mol. The Bertz CT molecular complexity index is 939. The van der Waals surface area contributed by atoms with E-state index in [1.165, 1.54) is 0 Å². The van der Waals surface area contributed by atoms with Gasteiger partial charge in [-0.15, -0.1) is 0 Å². The number of hydrogen-bond donors (Lipinski definition) is 4.